The maximum atomic E-state index is 13.9. The van der Waals surface area contributed by atoms with Crippen LogP contribution in [0.3, 0.4) is 0 Å². The molecule has 2 atom stereocenters. The molecule has 11 heteroatoms. The number of hydrogen-bond donors (Lipinski definition) is 1. The minimum absolute atomic E-state index is 0.0263. The van der Waals surface area contributed by atoms with E-state index in [1.807, 2.05) is 25.7 Å². The number of carbonyl (C=O) groups excluding carboxylic acids is 2. The summed E-state index contributed by atoms with van der Waals surface area (Å²) in [6, 6.07) is 0. The van der Waals surface area contributed by atoms with Gasteiger partial charge in [-0.2, -0.15) is 0 Å². The predicted molar refractivity (Wildman–Crippen MR) is 139 cm³/mol. The fourth-order valence-electron chi connectivity index (χ4n) is 4.09. The molecule has 1 fully saturated rings. The predicted octanol–water partition coefficient (Wildman–Crippen LogP) is 5.58. The number of unbranched alkanes of at least 4 members (excludes halogenated alkanes) is 1. The van der Waals surface area contributed by atoms with Crippen molar-refractivity contribution in [2.45, 2.75) is 110 Å². The van der Waals surface area contributed by atoms with Crippen LogP contribution < -0.4 is 0 Å². The number of hydrogen-bond acceptors (Lipinski definition) is 8. The van der Waals surface area contributed by atoms with Crippen LogP contribution in [0.2, 0.25) is 0 Å². The number of carbonyl (C=O) groups is 3. The molecule has 1 heterocycles. The first-order valence-electron chi connectivity index (χ1n) is 12.6. The van der Waals surface area contributed by atoms with Gasteiger partial charge in [-0.25, -0.2) is 14.5 Å². The smallest absolute Gasteiger partial charge is 0.419 e. The minimum Gasteiger partial charge on any atom is -0.480 e. The van der Waals surface area contributed by atoms with Gasteiger partial charge in [0.2, 0.25) is 7.37 Å². The lowest BCUT2D eigenvalue weighted by Crippen LogP contribution is -2.59. The molecule has 1 aliphatic heterocycles. The van der Waals surface area contributed by atoms with Gasteiger partial charge in [0.05, 0.1) is 6.61 Å². The van der Waals surface area contributed by atoms with Crippen LogP contribution in [0.15, 0.2) is 0 Å². The number of nitrogens with zero attached hydrogens (tertiary/aromatic N) is 2. The van der Waals surface area contributed by atoms with E-state index in [9.17, 15) is 24.1 Å². The average Bonchev–Trinajstić information content (AvgIpc) is 2.65. The van der Waals surface area contributed by atoms with Crippen molar-refractivity contribution >= 4 is 25.5 Å². The van der Waals surface area contributed by atoms with Crippen LogP contribution in [0.4, 0.5) is 9.59 Å². The normalized spacial score (nSPS) is 23.7. The molecule has 0 aliphatic carbocycles. The van der Waals surface area contributed by atoms with Gasteiger partial charge in [-0.05, 0) is 88.5 Å². The molecular weight excluding hydrogens is 487 g/mol. The molecule has 0 spiro atoms. The van der Waals surface area contributed by atoms with Crippen LogP contribution in [0.25, 0.3) is 0 Å². The third-order valence-electron chi connectivity index (χ3n) is 5.90. The molecular formula is C25H47N2O8P. The summed E-state index contributed by atoms with van der Waals surface area (Å²) in [5, 5.41) is 8.76. The Labute approximate surface area is 216 Å². The standard InChI is InChI=1S/C25H47N2O8P/c1-11-33-36(32)17-16-26(22(2,3)4)18-25(36,19(28)29)14-12-13-15-27(20(30)34-23(5,6)7)21(31)35-24(8,9)10/h11-18H2,1-10H3,(H,28,29). The van der Waals surface area contributed by atoms with Gasteiger partial charge < -0.3 is 19.1 Å². The van der Waals surface area contributed by atoms with E-state index in [4.69, 9.17) is 14.0 Å². The highest BCUT2D eigenvalue weighted by atomic mass is 31.2. The number of imide groups is 1. The van der Waals surface area contributed by atoms with E-state index in [2.05, 4.69) is 0 Å². The summed E-state index contributed by atoms with van der Waals surface area (Å²) < 4.78 is 30.3. The number of carboxylic acids is 1. The Morgan fingerprint density at radius 3 is 1.83 bits per heavy atom. The van der Waals surface area contributed by atoms with Crippen molar-refractivity contribution in [3.05, 3.63) is 0 Å². The number of ether oxygens (including phenoxy) is 2. The number of carboxylic acid groups (broad SMARTS) is 1. The van der Waals surface area contributed by atoms with Crippen LogP contribution in [-0.2, 0) is 23.4 Å². The zero-order valence-electron chi connectivity index (χ0n) is 23.8. The topological polar surface area (TPSA) is 123 Å². The van der Waals surface area contributed by atoms with E-state index in [-0.39, 0.29) is 44.2 Å². The summed E-state index contributed by atoms with van der Waals surface area (Å²) in [4.78, 5) is 41.1. The lowest BCUT2D eigenvalue weighted by Gasteiger charge is -2.49. The van der Waals surface area contributed by atoms with E-state index in [0.29, 0.717) is 13.0 Å². The molecule has 0 aromatic rings. The zero-order chi connectivity index (χ0) is 28.2. The van der Waals surface area contributed by atoms with E-state index < -0.39 is 41.9 Å². The molecule has 0 aromatic carbocycles. The second-order valence-electron chi connectivity index (χ2n) is 12.3. The molecule has 1 rings (SSSR count). The van der Waals surface area contributed by atoms with Crippen LogP contribution in [-0.4, -0.2) is 87.4 Å². The molecule has 2 amide bonds. The lowest BCUT2D eigenvalue weighted by molar-refractivity contribution is -0.142. The van der Waals surface area contributed by atoms with Crippen molar-refractivity contribution in [2.75, 3.05) is 32.4 Å². The van der Waals surface area contributed by atoms with Gasteiger partial charge in [0.1, 0.15) is 11.2 Å². The first-order chi connectivity index (χ1) is 16.2. The maximum absolute atomic E-state index is 13.9. The Hall–Kier alpha value is -1.64. The van der Waals surface area contributed by atoms with Crippen LogP contribution >= 0.6 is 7.37 Å². The molecule has 1 saturated heterocycles. The Morgan fingerprint density at radius 2 is 1.44 bits per heavy atom. The van der Waals surface area contributed by atoms with Crippen LogP contribution in [0.5, 0.6) is 0 Å². The molecule has 36 heavy (non-hydrogen) atoms. The van der Waals surface area contributed by atoms with Gasteiger partial charge in [0.15, 0.2) is 5.16 Å². The molecule has 1 aliphatic rings. The van der Waals surface area contributed by atoms with Crippen molar-refractivity contribution in [3.8, 4) is 0 Å². The molecule has 0 aromatic heterocycles. The molecule has 1 N–H and O–H groups in total. The second-order valence-corrected chi connectivity index (χ2v) is 15.2. The minimum atomic E-state index is -3.51. The number of amides is 2. The van der Waals surface area contributed by atoms with Gasteiger partial charge in [0.25, 0.3) is 0 Å². The highest BCUT2D eigenvalue weighted by molar-refractivity contribution is 7.62. The molecule has 2 unspecified atom stereocenters. The highest BCUT2D eigenvalue weighted by Crippen LogP contribution is 2.63. The molecule has 0 saturated carbocycles. The van der Waals surface area contributed by atoms with Crippen LogP contribution in [0, 0.1) is 0 Å². The van der Waals surface area contributed by atoms with Gasteiger partial charge in [0, 0.05) is 31.3 Å². The Morgan fingerprint density at radius 1 is 0.944 bits per heavy atom. The zero-order valence-corrected chi connectivity index (χ0v) is 24.7. The van der Waals surface area contributed by atoms with Crippen LogP contribution in [0.1, 0.15) is 88.5 Å². The third kappa shape index (κ3) is 8.73. The molecule has 0 radical (unpaired) electrons. The first-order valence-corrected chi connectivity index (χ1v) is 14.4. The number of rotatable bonds is 8. The van der Waals surface area contributed by atoms with E-state index in [1.165, 1.54) is 0 Å². The largest absolute Gasteiger partial charge is 0.480 e. The monoisotopic (exact) mass is 534 g/mol. The molecule has 0 bridgehead atoms. The van der Waals surface area contributed by atoms with Gasteiger partial charge >= 0.3 is 18.2 Å². The number of aliphatic carboxylic acids is 1. The first kappa shape index (κ1) is 32.4. The highest BCUT2D eigenvalue weighted by Gasteiger charge is 2.59. The van der Waals surface area contributed by atoms with Crippen molar-refractivity contribution in [1.82, 2.24) is 9.80 Å². The lowest BCUT2D eigenvalue weighted by atomic mass is 9.96. The Balaban J connectivity index is 3.12. The van der Waals surface area contributed by atoms with Crippen molar-refractivity contribution < 1.29 is 38.1 Å². The van der Waals surface area contributed by atoms with Gasteiger partial charge in [-0.15, -0.1) is 0 Å². The summed E-state index contributed by atoms with van der Waals surface area (Å²) in [6.45, 7) is 18.6. The van der Waals surface area contributed by atoms with Crippen molar-refractivity contribution in [2.24, 2.45) is 0 Å². The van der Waals surface area contributed by atoms with E-state index in [0.717, 1.165) is 4.90 Å². The second kappa shape index (κ2) is 11.8. The molecule has 10 nitrogen and oxygen atoms in total. The third-order valence-corrected chi connectivity index (χ3v) is 9.23. The Kier molecular flexibility index (Phi) is 10.6. The fraction of sp³-hybridized carbons (Fsp3) is 0.880. The molecule has 210 valence electrons. The van der Waals surface area contributed by atoms with Gasteiger partial charge in [-0.3, -0.25) is 14.3 Å². The summed E-state index contributed by atoms with van der Waals surface area (Å²) in [5.74, 6) is -1.15. The van der Waals surface area contributed by atoms with Gasteiger partial charge in [-0.1, -0.05) is 0 Å². The summed E-state index contributed by atoms with van der Waals surface area (Å²) in [6.07, 6.45) is -0.823. The fourth-order valence-corrected chi connectivity index (χ4v) is 6.99. The van der Waals surface area contributed by atoms with Crippen molar-refractivity contribution in [3.63, 3.8) is 0 Å². The van der Waals surface area contributed by atoms with E-state index >= 15 is 0 Å². The summed E-state index contributed by atoms with van der Waals surface area (Å²) in [7, 11) is -3.51. The SMILES string of the molecule is CCOP1(=O)CCN(C(C)(C)C)CC1(CCCCN(C(=O)OC(C)(C)C)C(=O)OC(C)(C)C)C(=O)O. The van der Waals surface area contributed by atoms with Crippen molar-refractivity contribution in [1.29, 1.82) is 0 Å². The summed E-state index contributed by atoms with van der Waals surface area (Å²) in [5.41, 5.74) is -1.93. The Bertz CT molecular complexity index is 812. The average molecular weight is 535 g/mol. The quantitative estimate of drug-likeness (QED) is 0.314. The maximum Gasteiger partial charge on any atom is 0.419 e. The van der Waals surface area contributed by atoms with E-state index in [1.54, 1.807) is 48.5 Å². The summed E-state index contributed by atoms with van der Waals surface area (Å²) >= 11 is 0.